The van der Waals surface area contributed by atoms with Gasteiger partial charge in [0.25, 0.3) is 0 Å². The molecule has 0 bridgehead atoms. The van der Waals surface area contributed by atoms with Crippen LogP contribution in [0, 0.1) is 0 Å². The molecule has 13 heavy (non-hydrogen) atoms. The number of fused-ring (bicyclic) bond motifs is 1. The standard InChI is InChI=1S/C10H10O3/c11-9-3-1-2-6-7(9)4-5-8(6)10(12)13/h1-3,8,11H,4-5H2,(H,12,13). The fourth-order valence-corrected chi connectivity index (χ4v) is 1.89. The number of hydrogen-bond donors (Lipinski definition) is 2. The van der Waals surface area contributed by atoms with Crippen molar-refractivity contribution in [3.8, 4) is 5.75 Å². The second kappa shape index (κ2) is 2.76. The number of hydrogen-bond acceptors (Lipinski definition) is 2. The van der Waals surface area contributed by atoms with Crippen LogP contribution in [0.4, 0.5) is 0 Å². The average Bonchev–Trinajstić information content (AvgIpc) is 2.48. The zero-order chi connectivity index (χ0) is 9.42. The number of aromatic hydroxyl groups is 1. The zero-order valence-corrected chi connectivity index (χ0v) is 7.03. The molecule has 1 atom stereocenters. The van der Waals surface area contributed by atoms with Gasteiger partial charge in [-0.3, -0.25) is 4.79 Å². The van der Waals surface area contributed by atoms with Crippen molar-refractivity contribution in [3.63, 3.8) is 0 Å². The Balaban J connectivity index is 2.49. The number of carboxylic acid groups (broad SMARTS) is 1. The Hall–Kier alpha value is -1.51. The first kappa shape index (κ1) is 8.10. The van der Waals surface area contributed by atoms with Gasteiger partial charge in [-0.2, -0.15) is 0 Å². The summed E-state index contributed by atoms with van der Waals surface area (Å²) in [6.07, 6.45) is 1.27. The van der Waals surface area contributed by atoms with Crippen molar-refractivity contribution in [2.45, 2.75) is 18.8 Å². The van der Waals surface area contributed by atoms with E-state index in [1.807, 2.05) is 0 Å². The van der Waals surface area contributed by atoms with Crippen LogP contribution < -0.4 is 0 Å². The van der Waals surface area contributed by atoms with E-state index in [2.05, 4.69) is 0 Å². The lowest BCUT2D eigenvalue weighted by Crippen LogP contribution is -2.07. The highest BCUT2D eigenvalue weighted by atomic mass is 16.4. The first-order chi connectivity index (χ1) is 6.20. The van der Waals surface area contributed by atoms with Crippen molar-refractivity contribution in [3.05, 3.63) is 29.3 Å². The predicted molar refractivity (Wildman–Crippen MR) is 46.8 cm³/mol. The van der Waals surface area contributed by atoms with Crippen molar-refractivity contribution in [2.75, 3.05) is 0 Å². The molecule has 1 aliphatic rings. The van der Waals surface area contributed by atoms with E-state index < -0.39 is 11.9 Å². The van der Waals surface area contributed by atoms with Crippen molar-refractivity contribution < 1.29 is 15.0 Å². The smallest absolute Gasteiger partial charge is 0.310 e. The molecule has 0 aliphatic heterocycles. The fourth-order valence-electron chi connectivity index (χ4n) is 1.89. The maximum atomic E-state index is 10.8. The van der Waals surface area contributed by atoms with Gasteiger partial charge >= 0.3 is 5.97 Å². The first-order valence-corrected chi connectivity index (χ1v) is 4.23. The van der Waals surface area contributed by atoms with E-state index in [1.165, 1.54) is 0 Å². The van der Waals surface area contributed by atoms with Gasteiger partial charge in [0, 0.05) is 0 Å². The third kappa shape index (κ3) is 1.16. The molecule has 2 rings (SSSR count). The van der Waals surface area contributed by atoms with Gasteiger partial charge in [-0.05, 0) is 30.0 Å². The highest BCUT2D eigenvalue weighted by molar-refractivity contribution is 5.78. The molecule has 0 aromatic heterocycles. The van der Waals surface area contributed by atoms with Crippen LogP contribution in [0.5, 0.6) is 5.75 Å². The van der Waals surface area contributed by atoms with Crippen molar-refractivity contribution in [1.29, 1.82) is 0 Å². The van der Waals surface area contributed by atoms with Crippen LogP contribution in [-0.4, -0.2) is 16.2 Å². The molecule has 3 heteroatoms. The maximum absolute atomic E-state index is 10.8. The summed E-state index contributed by atoms with van der Waals surface area (Å²) in [4.78, 5) is 10.8. The number of phenols is 1. The van der Waals surface area contributed by atoms with Crippen molar-refractivity contribution in [1.82, 2.24) is 0 Å². The topological polar surface area (TPSA) is 57.5 Å². The SMILES string of the molecule is O=C(O)C1CCc2c(O)cccc21. The highest BCUT2D eigenvalue weighted by Gasteiger charge is 2.29. The minimum Gasteiger partial charge on any atom is -0.508 e. The van der Waals surface area contributed by atoms with Crippen LogP contribution in [0.3, 0.4) is 0 Å². The molecule has 0 saturated carbocycles. The van der Waals surface area contributed by atoms with Gasteiger partial charge in [0.1, 0.15) is 5.75 Å². The van der Waals surface area contributed by atoms with E-state index >= 15 is 0 Å². The molecule has 0 heterocycles. The van der Waals surface area contributed by atoms with Gasteiger partial charge in [-0.1, -0.05) is 12.1 Å². The van der Waals surface area contributed by atoms with E-state index in [9.17, 15) is 9.90 Å². The quantitative estimate of drug-likeness (QED) is 0.685. The minimum absolute atomic E-state index is 0.223. The van der Waals surface area contributed by atoms with Gasteiger partial charge in [-0.25, -0.2) is 0 Å². The molecule has 1 aromatic carbocycles. The molecule has 68 valence electrons. The molecule has 0 radical (unpaired) electrons. The Morgan fingerprint density at radius 2 is 2.23 bits per heavy atom. The number of carbonyl (C=O) groups is 1. The molecule has 0 saturated heterocycles. The van der Waals surface area contributed by atoms with Crippen LogP contribution in [0.15, 0.2) is 18.2 Å². The Morgan fingerprint density at radius 1 is 1.46 bits per heavy atom. The lowest BCUT2D eigenvalue weighted by Gasteiger charge is -2.05. The number of aliphatic carboxylic acids is 1. The molecule has 0 fully saturated rings. The highest BCUT2D eigenvalue weighted by Crippen LogP contribution is 2.37. The number of phenolic OH excluding ortho intramolecular Hbond substituents is 1. The van der Waals surface area contributed by atoms with Crippen LogP contribution in [0.1, 0.15) is 23.5 Å². The normalized spacial score (nSPS) is 19.8. The fraction of sp³-hybridized carbons (Fsp3) is 0.300. The Kier molecular flexibility index (Phi) is 1.72. The Morgan fingerprint density at radius 3 is 2.92 bits per heavy atom. The third-order valence-corrected chi connectivity index (χ3v) is 2.54. The molecule has 2 N–H and O–H groups in total. The Bertz CT molecular complexity index is 357. The Labute approximate surface area is 75.6 Å². The van der Waals surface area contributed by atoms with Crippen LogP contribution in [0.25, 0.3) is 0 Å². The van der Waals surface area contributed by atoms with Crippen LogP contribution >= 0.6 is 0 Å². The van der Waals surface area contributed by atoms with Gasteiger partial charge in [0.05, 0.1) is 5.92 Å². The average molecular weight is 178 g/mol. The number of benzene rings is 1. The molecule has 0 spiro atoms. The predicted octanol–water partition coefficient (Wildman–Crippen LogP) is 1.51. The van der Waals surface area contributed by atoms with E-state index in [1.54, 1.807) is 18.2 Å². The van der Waals surface area contributed by atoms with Gasteiger partial charge in [-0.15, -0.1) is 0 Å². The number of carboxylic acids is 1. The van der Waals surface area contributed by atoms with Gasteiger partial charge in [0.15, 0.2) is 0 Å². The van der Waals surface area contributed by atoms with E-state index in [0.717, 1.165) is 11.1 Å². The van der Waals surface area contributed by atoms with E-state index in [-0.39, 0.29) is 5.75 Å². The largest absolute Gasteiger partial charge is 0.508 e. The van der Waals surface area contributed by atoms with Gasteiger partial charge < -0.3 is 10.2 Å². The van der Waals surface area contributed by atoms with Gasteiger partial charge in [0.2, 0.25) is 0 Å². The molecule has 0 amide bonds. The summed E-state index contributed by atoms with van der Waals surface area (Å²) in [6.45, 7) is 0. The number of rotatable bonds is 1. The van der Waals surface area contributed by atoms with Crippen LogP contribution in [-0.2, 0) is 11.2 Å². The van der Waals surface area contributed by atoms with E-state index in [0.29, 0.717) is 12.8 Å². The molecular weight excluding hydrogens is 168 g/mol. The monoisotopic (exact) mass is 178 g/mol. The zero-order valence-electron chi connectivity index (χ0n) is 7.03. The molecule has 3 nitrogen and oxygen atoms in total. The molecule has 1 aromatic rings. The minimum atomic E-state index is -0.802. The molecular formula is C10H10O3. The summed E-state index contributed by atoms with van der Waals surface area (Å²) < 4.78 is 0. The second-order valence-corrected chi connectivity index (χ2v) is 3.27. The second-order valence-electron chi connectivity index (χ2n) is 3.27. The summed E-state index contributed by atoms with van der Waals surface area (Å²) in [5, 5.41) is 18.3. The maximum Gasteiger partial charge on any atom is 0.310 e. The van der Waals surface area contributed by atoms with Crippen molar-refractivity contribution in [2.24, 2.45) is 0 Å². The van der Waals surface area contributed by atoms with Crippen LogP contribution in [0.2, 0.25) is 0 Å². The molecule has 1 aliphatic carbocycles. The lowest BCUT2D eigenvalue weighted by molar-refractivity contribution is -0.138. The van der Waals surface area contributed by atoms with E-state index in [4.69, 9.17) is 5.11 Å². The first-order valence-electron chi connectivity index (χ1n) is 4.23. The summed E-state index contributed by atoms with van der Waals surface area (Å²) in [5.41, 5.74) is 1.57. The summed E-state index contributed by atoms with van der Waals surface area (Å²) in [7, 11) is 0. The third-order valence-electron chi connectivity index (χ3n) is 2.54. The lowest BCUT2D eigenvalue weighted by atomic mass is 10.0. The summed E-state index contributed by atoms with van der Waals surface area (Å²) in [6, 6.07) is 5.07. The van der Waals surface area contributed by atoms with Crippen molar-refractivity contribution >= 4 is 5.97 Å². The molecule has 1 unspecified atom stereocenters. The summed E-state index contributed by atoms with van der Waals surface area (Å²) >= 11 is 0. The summed E-state index contributed by atoms with van der Waals surface area (Å²) in [5.74, 6) is -1.01.